The van der Waals surface area contributed by atoms with Gasteiger partial charge in [0.2, 0.25) is 0 Å². The molecule has 26 heavy (non-hydrogen) atoms. The fourth-order valence-corrected chi connectivity index (χ4v) is 3.30. The van der Waals surface area contributed by atoms with E-state index in [9.17, 15) is 14.3 Å². The van der Waals surface area contributed by atoms with E-state index in [-0.39, 0.29) is 24.0 Å². The number of hydrogen-bond acceptors (Lipinski definition) is 4. The van der Waals surface area contributed by atoms with E-state index in [1.807, 2.05) is 0 Å². The SMILES string of the molecule is O=C(NC[C@]1(O)CC[C@@H](CCOc2ccccc2F)CC1)c1cn[nH]c1. The fraction of sp³-hybridized carbons (Fsp3) is 0.474. The van der Waals surface area contributed by atoms with Gasteiger partial charge in [0.15, 0.2) is 11.6 Å². The number of benzene rings is 1. The van der Waals surface area contributed by atoms with E-state index in [0.29, 0.717) is 30.9 Å². The number of rotatable bonds is 7. The molecule has 1 saturated carbocycles. The summed E-state index contributed by atoms with van der Waals surface area (Å²) in [6, 6.07) is 6.39. The third-order valence-electron chi connectivity index (χ3n) is 4.99. The summed E-state index contributed by atoms with van der Waals surface area (Å²) < 4.78 is 19.0. The first-order valence-corrected chi connectivity index (χ1v) is 8.92. The number of aromatic amines is 1. The second kappa shape index (κ2) is 8.31. The molecular weight excluding hydrogens is 337 g/mol. The molecule has 0 saturated heterocycles. The van der Waals surface area contributed by atoms with Gasteiger partial charge >= 0.3 is 0 Å². The van der Waals surface area contributed by atoms with Crippen molar-refractivity contribution in [3.8, 4) is 5.75 Å². The van der Waals surface area contributed by atoms with Crippen LogP contribution in [0.5, 0.6) is 5.75 Å². The van der Waals surface area contributed by atoms with Crippen LogP contribution in [0.1, 0.15) is 42.5 Å². The first kappa shape index (κ1) is 18.4. The zero-order valence-electron chi connectivity index (χ0n) is 14.6. The Morgan fingerprint density at radius 3 is 2.85 bits per heavy atom. The van der Waals surface area contributed by atoms with Crippen LogP contribution in [0.25, 0.3) is 0 Å². The summed E-state index contributed by atoms with van der Waals surface area (Å²) in [5.41, 5.74) is -0.421. The predicted molar refractivity (Wildman–Crippen MR) is 94.3 cm³/mol. The number of nitrogens with zero attached hydrogens (tertiary/aromatic N) is 1. The molecule has 1 aromatic carbocycles. The first-order chi connectivity index (χ1) is 12.6. The minimum Gasteiger partial charge on any atom is -0.491 e. The quantitative estimate of drug-likeness (QED) is 0.708. The summed E-state index contributed by atoms with van der Waals surface area (Å²) in [4.78, 5) is 11.9. The molecule has 2 aromatic rings. The van der Waals surface area contributed by atoms with Crippen molar-refractivity contribution in [2.24, 2.45) is 5.92 Å². The van der Waals surface area contributed by atoms with Crippen molar-refractivity contribution in [1.29, 1.82) is 0 Å². The molecule has 0 bridgehead atoms. The lowest BCUT2D eigenvalue weighted by atomic mass is 9.77. The average Bonchev–Trinajstić information content (AvgIpc) is 3.18. The molecule has 1 aliphatic rings. The van der Waals surface area contributed by atoms with Crippen LogP contribution in [0.3, 0.4) is 0 Å². The molecule has 1 aromatic heterocycles. The van der Waals surface area contributed by atoms with E-state index in [1.165, 1.54) is 18.5 Å². The monoisotopic (exact) mass is 361 g/mol. The first-order valence-electron chi connectivity index (χ1n) is 8.92. The number of ether oxygens (including phenoxy) is 1. The maximum absolute atomic E-state index is 13.5. The van der Waals surface area contributed by atoms with E-state index in [4.69, 9.17) is 4.74 Å². The molecule has 3 rings (SSSR count). The summed E-state index contributed by atoms with van der Waals surface area (Å²) in [6.45, 7) is 0.691. The van der Waals surface area contributed by atoms with Crippen LogP contribution in [0.2, 0.25) is 0 Å². The Hall–Kier alpha value is -2.41. The van der Waals surface area contributed by atoms with Crippen LogP contribution in [0, 0.1) is 11.7 Å². The van der Waals surface area contributed by atoms with E-state index >= 15 is 0 Å². The minimum absolute atomic E-state index is 0.232. The Labute approximate surface area is 151 Å². The Morgan fingerprint density at radius 2 is 2.15 bits per heavy atom. The van der Waals surface area contributed by atoms with Crippen molar-refractivity contribution in [1.82, 2.24) is 15.5 Å². The van der Waals surface area contributed by atoms with Gasteiger partial charge in [-0.15, -0.1) is 0 Å². The van der Waals surface area contributed by atoms with Gasteiger partial charge < -0.3 is 15.2 Å². The van der Waals surface area contributed by atoms with Crippen LogP contribution < -0.4 is 10.1 Å². The molecule has 1 heterocycles. The van der Waals surface area contributed by atoms with Gasteiger partial charge in [-0.05, 0) is 50.2 Å². The molecule has 1 amide bonds. The van der Waals surface area contributed by atoms with Gasteiger partial charge in [0.05, 0.1) is 24.0 Å². The molecular formula is C19H24FN3O3. The Kier molecular flexibility index (Phi) is 5.88. The smallest absolute Gasteiger partial charge is 0.254 e. The third kappa shape index (κ3) is 4.82. The van der Waals surface area contributed by atoms with Crippen LogP contribution >= 0.6 is 0 Å². The highest BCUT2D eigenvalue weighted by atomic mass is 19.1. The average molecular weight is 361 g/mol. The Balaban J connectivity index is 1.38. The summed E-state index contributed by atoms with van der Waals surface area (Å²) in [7, 11) is 0. The molecule has 0 unspecified atom stereocenters. The number of H-pyrrole nitrogens is 1. The molecule has 6 nitrogen and oxygen atoms in total. The Morgan fingerprint density at radius 1 is 1.38 bits per heavy atom. The maximum atomic E-state index is 13.5. The number of halogens is 1. The van der Waals surface area contributed by atoms with Gasteiger partial charge in [0, 0.05) is 12.7 Å². The van der Waals surface area contributed by atoms with Gasteiger partial charge in [-0.1, -0.05) is 12.1 Å². The van der Waals surface area contributed by atoms with Gasteiger partial charge in [-0.25, -0.2) is 4.39 Å². The van der Waals surface area contributed by atoms with Crippen molar-refractivity contribution in [2.45, 2.75) is 37.7 Å². The molecule has 7 heteroatoms. The van der Waals surface area contributed by atoms with Gasteiger partial charge in [-0.2, -0.15) is 5.10 Å². The van der Waals surface area contributed by atoms with Crippen molar-refractivity contribution in [2.75, 3.05) is 13.2 Å². The second-order valence-corrected chi connectivity index (χ2v) is 6.90. The lowest BCUT2D eigenvalue weighted by molar-refractivity contribution is -0.00980. The lowest BCUT2D eigenvalue weighted by Crippen LogP contribution is -2.45. The number of carbonyl (C=O) groups is 1. The Bertz CT molecular complexity index is 713. The maximum Gasteiger partial charge on any atom is 0.254 e. The zero-order chi connectivity index (χ0) is 18.4. The molecule has 0 aliphatic heterocycles. The molecule has 0 spiro atoms. The predicted octanol–water partition coefficient (Wildman–Crippen LogP) is 2.67. The highest BCUT2D eigenvalue weighted by Crippen LogP contribution is 2.33. The molecule has 0 radical (unpaired) electrons. The van der Waals surface area contributed by atoms with Gasteiger partial charge in [0.1, 0.15) is 0 Å². The second-order valence-electron chi connectivity index (χ2n) is 6.90. The summed E-state index contributed by atoms with van der Waals surface area (Å²) >= 11 is 0. The van der Waals surface area contributed by atoms with Crippen LogP contribution in [0.4, 0.5) is 4.39 Å². The van der Waals surface area contributed by atoms with E-state index < -0.39 is 5.60 Å². The standard InChI is InChI=1S/C19H24FN3O3/c20-16-3-1-2-4-17(16)26-10-7-14-5-8-19(25,9-6-14)13-21-18(24)15-11-22-23-12-15/h1-4,11-12,14,25H,5-10,13H2,(H,21,24)(H,22,23)/t14-,19+. The van der Waals surface area contributed by atoms with E-state index in [0.717, 1.165) is 19.3 Å². The minimum atomic E-state index is -0.873. The number of aromatic nitrogens is 2. The summed E-state index contributed by atoms with van der Waals surface area (Å²) in [5.74, 6) is 0.125. The number of para-hydroxylation sites is 1. The molecule has 1 aliphatic carbocycles. The van der Waals surface area contributed by atoms with Crippen molar-refractivity contribution in [3.63, 3.8) is 0 Å². The van der Waals surface area contributed by atoms with E-state index in [2.05, 4.69) is 15.5 Å². The zero-order valence-corrected chi connectivity index (χ0v) is 14.6. The third-order valence-corrected chi connectivity index (χ3v) is 4.99. The van der Waals surface area contributed by atoms with Crippen molar-refractivity contribution in [3.05, 3.63) is 48.0 Å². The van der Waals surface area contributed by atoms with Crippen molar-refractivity contribution >= 4 is 5.91 Å². The number of aliphatic hydroxyl groups is 1. The molecule has 3 N–H and O–H groups in total. The number of hydrogen-bond donors (Lipinski definition) is 3. The largest absolute Gasteiger partial charge is 0.491 e. The molecule has 140 valence electrons. The number of nitrogens with one attached hydrogen (secondary N) is 2. The number of carbonyl (C=O) groups excluding carboxylic acids is 1. The fourth-order valence-electron chi connectivity index (χ4n) is 3.30. The van der Waals surface area contributed by atoms with Crippen molar-refractivity contribution < 1.29 is 19.0 Å². The van der Waals surface area contributed by atoms with Crippen LogP contribution in [-0.2, 0) is 0 Å². The normalized spacial score (nSPS) is 22.8. The summed E-state index contributed by atoms with van der Waals surface area (Å²) in [6.07, 6.45) is 6.77. The summed E-state index contributed by atoms with van der Waals surface area (Å²) in [5, 5.41) is 19.7. The molecule has 0 atom stereocenters. The van der Waals surface area contributed by atoms with Crippen LogP contribution in [-0.4, -0.2) is 40.0 Å². The topological polar surface area (TPSA) is 87.2 Å². The highest BCUT2D eigenvalue weighted by molar-refractivity contribution is 5.93. The van der Waals surface area contributed by atoms with Gasteiger partial charge in [0.25, 0.3) is 5.91 Å². The van der Waals surface area contributed by atoms with Crippen LogP contribution in [0.15, 0.2) is 36.7 Å². The number of amides is 1. The van der Waals surface area contributed by atoms with E-state index in [1.54, 1.807) is 18.2 Å². The highest BCUT2D eigenvalue weighted by Gasteiger charge is 2.33. The van der Waals surface area contributed by atoms with Gasteiger partial charge in [-0.3, -0.25) is 9.89 Å². The lowest BCUT2D eigenvalue weighted by Gasteiger charge is -2.36. The molecule has 1 fully saturated rings.